The first-order valence-electron chi connectivity index (χ1n) is 7.62. The molecule has 0 radical (unpaired) electrons. The molecule has 26 heavy (non-hydrogen) atoms. The molecule has 0 atom stereocenters. The Hall–Kier alpha value is -2.78. The smallest absolute Gasteiger partial charge is 0.439 e. The number of rotatable bonds is 7. The summed E-state index contributed by atoms with van der Waals surface area (Å²) in [5.74, 6) is 0.0300. The Labute approximate surface area is 151 Å². The largest absolute Gasteiger partial charge is 0.495 e. The van der Waals surface area contributed by atoms with E-state index in [9.17, 15) is 13.2 Å². The van der Waals surface area contributed by atoms with Gasteiger partial charge in [0.05, 0.1) is 26.5 Å². The van der Waals surface area contributed by atoms with Gasteiger partial charge in [0.25, 0.3) is 0 Å². The van der Waals surface area contributed by atoms with Gasteiger partial charge in [-0.3, -0.25) is 0 Å². The average Bonchev–Trinajstić information content (AvgIpc) is 2.66. The molecule has 0 fully saturated rings. The second kappa shape index (κ2) is 8.54. The summed E-state index contributed by atoms with van der Waals surface area (Å²) >= 11 is 0. The first kappa shape index (κ1) is 19.5. The summed E-state index contributed by atoms with van der Waals surface area (Å²) in [6.07, 6.45) is -0.976. The van der Waals surface area contributed by atoms with Crippen molar-refractivity contribution >= 4 is 21.9 Å². The van der Waals surface area contributed by atoms with Crippen molar-refractivity contribution in [3.63, 3.8) is 0 Å². The topological polar surface area (TPSA) is 91.4 Å². The van der Waals surface area contributed by atoms with Crippen LogP contribution in [0.15, 0.2) is 53.4 Å². The highest BCUT2D eigenvalue weighted by Gasteiger charge is 2.32. The molecule has 140 valence electrons. The van der Waals surface area contributed by atoms with Gasteiger partial charge >= 0.3 is 16.2 Å². The molecule has 0 aliphatic carbocycles. The highest BCUT2D eigenvalue weighted by Crippen LogP contribution is 2.35. The molecule has 0 bridgehead atoms. The lowest BCUT2D eigenvalue weighted by Gasteiger charge is -2.21. The van der Waals surface area contributed by atoms with E-state index >= 15 is 0 Å². The number of ether oxygens (including phenoxy) is 3. The van der Waals surface area contributed by atoms with E-state index in [4.69, 9.17) is 18.5 Å². The number of benzene rings is 2. The Bertz CT molecular complexity index is 830. The van der Waals surface area contributed by atoms with Crippen LogP contribution in [0.1, 0.15) is 6.92 Å². The monoisotopic (exact) mass is 381 g/mol. The molecule has 0 aliphatic rings. The molecule has 0 N–H and O–H groups in total. The van der Waals surface area contributed by atoms with Gasteiger partial charge in [-0.05, 0) is 31.2 Å². The molecule has 0 heterocycles. The second-order valence-electron chi connectivity index (χ2n) is 4.85. The minimum Gasteiger partial charge on any atom is -0.495 e. The van der Waals surface area contributed by atoms with E-state index in [2.05, 4.69) is 0 Å². The van der Waals surface area contributed by atoms with E-state index in [1.165, 1.54) is 38.5 Å². The van der Waals surface area contributed by atoms with Crippen LogP contribution in [0.4, 0.5) is 10.5 Å². The first-order valence-corrected chi connectivity index (χ1v) is 9.03. The van der Waals surface area contributed by atoms with Crippen LogP contribution in [0.3, 0.4) is 0 Å². The van der Waals surface area contributed by atoms with Crippen LogP contribution in [0, 0.1) is 0 Å². The van der Waals surface area contributed by atoms with E-state index in [0.29, 0.717) is 5.06 Å². The van der Waals surface area contributed by atoms with Crippen molar-refractivity contribution in [2.75, 3.05) is 25.9 Å². The summed E-state index contributed by atoms with van der Waals surface area (Å²) in [6, 6.07) is 12.4. The van der Waals surface area contributed by atoms with Crippen LogP contribution in [0.2, 0.25) is 0 Å². The molecule has 0 unspecified atom stereocenters. The maximum Gasteiger partial charge on any atom is 0.439 e. The molecule has 9 heteroatoms. The van der Waals surface area contributed by atoms with Gasteiger partial charge in [-0.25, -0.2) is 4.79 Å². The normalized spacial score (nSPS) is 10.9. The fourth-order valence-electron chi connectivity index (χ4n) is 2.12. The van der Waals surface area contributed by atoms with Gasteiger partial charge in [0.1, 0.15) is 11.5 Å². The fraction of sp³-hybridized carbons (Fsp3) is 0.235. The molecule has 0 saturated heterocycles. The molecule has 0 aromatic heterocycles. The predicted molar refractivity (Wildman–Crippen MR) is 93.8 cm³/mol. The number of para-hydroxylation sites is 1. The summed E-state index contributed by atoms with van der Waals surface area (Å²) < 4.78 is 45.9. The molecule has 2 aromatic rings. The highest BCUT2D eigenvalue weighted by molar-refractivity contribution is 7.87. The second-order valence-corrected chi connectivity index (χ2v) is 6.31. The number of nitrogens with zero attached hydrogens (tertiary/aromatic N) is 1. The van der Waals surface area contributed by atoms with Crippen molar-refractivity contribution in [2.45, 2.75) is 11.8 Å². The zero-order valence-electron chi connectivity index (χ0n) is 14.5. The summed E-state index contributed by atoms with van der Waals surface area (Å²) in [6.45, 7) is 1.64. The molecule has 1 amide bonds. The lowest BCUT2D eigenvalue weighted by atomic mass is 10.3. The summed E-state index contributed by atoms with van der Waals surface area (Å²) in [7, 11) is -1.85. The van der Waals surface area contributed by atoms with Gasteiger partial charge in [0.15, 0.2) is 4.90 Å². The average molecular weight is 381 g/mol. The molecule has 0 spiro atoms. The SMILES string of the molecule is CCOC(=O)N(OS(=O)(=O)c1c(OC)cccc1OC)c1ccccc1. The van der Waals surface area contributed by atoms with Crippen molar-refractivity contribution in [2.24, 2.45) is 0 Å². The zero-order valence-corrected chi connectivity index (χ0v) is 15.4. The van der Waals surface area contributed by atoms with Gasteiger partial charge in [-0.1, -0.05) is 24.3 Å². The third kappa shape index (κ3) is 4.24. The molecular formula is C17H19NO7S. The Morgan fingerprint density at radius 2 is 1.54 bits per heavy atom. The van der Waals surface area contributed by atoms with Gasteiger partial charge in [0.2, 0.25) is 0 Å². The number of methoxy groups -OCH3 is 2. The van der Waals surface area contributed by atoms with Gasteiger partial charge < -0.3 is 14.2 Å². The Morgan fingerprint density at radius 3 is 2.04 bits per heavy atom. The molecule has 2 rings (SSSR count). The van der Waals surface area contributed by atoms with E-state index in [-0.39, 0.29) is 28.7 Å². The summed E-state index contributed by atoms with van der Waals surface area (Å²) in [5.41, 5.74) is 0.184. The number of hydrogen-bond donors (Lipinski definition) is 0. The summed E-state index contributed by atoms with van der Waals surface area (Å²) in [4.78, 5) is 11.9. The van der Waals surface area contributed by atoms with Crippen molar-refractivity contribution < 1.29 is 31.7 Å². The number of amides is 1. The molecule has 2 aromatic carbocycles. The highest BCUT2D eigenvalue weighted by atomic mass is 32.2. The number of carbonyl (C=O) groups is 1. The fourth-order valence-corrected chi connectivity index (χ4v) is 3.34. The van der Waals surface area contributed by atoms with Crippen molar-refractivity contribution in [1.29, 1.82) is 0 Å². The van der Waals surface area contributed by atoms with Crippen molar-refractivity contribution in [1.82, 2.24) is 0 Å². The Morgan fingerprint density at radius 1 is 0.962 bits per heavy atom. The number of anilines is 1. The first-order chi connectivity index (χ1) is 12.4. The standard InChI is InChI=1S/C17H19NO7S/c1-4-24-17(19)18(13-9-6-5-7-10-13)25-26(20,21)16-14(22-2)11-8-12-15(16)23-3/h5-12H,4H2,1-3H3. The van der Waals surface area contributed by atoms with E-state index in [1.807, 2.05) is 0 Å². The van der Waals surface area contributed by atoms with Crippen molar-refractivity contribution in [3.05, 3.63) is 48.5 Å². The number of hydrogen-bond acceptors (Lipinski definition) is 7. The van der Waals surface area contributed by atoms with Gasteiger partial charge in [-0.2, -0.15) is 8.42 Å². The lowest BCUT2D eigenvalue weighted by Crippen LogP contribution is -2.34. The third-order valence-electron chi connectivity index (χ3n) is 3.23. The van der Waals surface area contributed by atoms with Crippen LogP contribution >= 0.6 is 0 Å². The van der Waals surface area contributed by atoms with Gasteiger partial charge in [0, 0.05) is 0 Å². The Balaban J connectivity index is 2.49. The minimum absolute atomic E-state index is 0.0150. The maximum atomic E-state index is 12.9. The van der Waals surface area contributed by atoms with Crippen LogP contribution < -0.4 is 14.5 Å². The Kier molecular flexibility index (Phi) is 6.42. The van der Waals surface area contributed by atoms with Gasteiger partial charge in [-0.15, -0.1) is 9.35 Å². The van der Waals surface area contributed by atoms with E-state index < -0.39 is 16.2 Å². The van der Waals surface area contributed by atoms with Crippen LogP contribution in [0.5, 0.6) is 11.5 Å². The number of carbonyl (C=O) groups excluding carboxylic acids is 1. The lowest BCUT2D eigenvalue weighted by molar-refractivity contribution is 0.132. The molecular weight excluding hydrogens is 362 g/mol. The van der Waals surface area contributed by atoms with Crippen molar-refractivity contribution in [3.8, 4) is 11.5 Å². The zero-order chi connectivity index (χ0) is 19.2. The van der Waals surface area contributed by atoms with Crippen LogP contribution in [-0.4, -0.2) is 35.3 Å². The number of hydroxylamine groups is 1. The quantitative estimate of drug-likeness (QED) is 0.681. The molecule has 0 saturated carbocycles. The van der Waals surface area contributed by atoms with E-state index in [1.54, 1.807) is 31.2 Å². The van der Waals surface area contributed by atoms with Crippen LogP contribution in [-0.2, 0) is 19.1 Å². The molecule has 8 nitrogen and oxygen atoms in total. The maximum absolute atomic E-state index is 12.9. The summed E-state index contributed by atoms with van der Waals surface area (Å²) in [5, 5.41) is 0.560. The minimum atomic E-state index is -4.48. The van der Waals surface area contributed by atoms with Crippen LogP contribution in [0.25, 0.3) is 0 Å². The molecule has 0 aliphatic heterocycles. The van der Waals surface area contributed by atoms with E-state index in [0.717, 1.165) is 0 Å². The third-order valence-corrected chi connectivity index (χ3v) is 4.48. The predicted octanol–water partition coefficient (Wildman–Crippen LogP) is 2.99.